The van der Waals surface area contributed by atoms with E-state index in [1.54, 1.807) is 28.0 Å². The van der Waals surface area contributed by atoms with Crippen LogP contribution in [0.1, 0.15) is 19.4 Å². The lowest BCUT2D eigenvalue weighted by molar-refractivity contribution is -0.132. The molecule has 0 bridgehead atoms. The van der Waals surface area contributed by atoms with E-state index in [-0.39, 0.29) is 12.3 Å². The van der Waals surface area contributed by atoms with E-state index in [2.05, 4.69) is 6.07 Å². The van der Waals surface area contributed by atoms with E-state index in [4.69, 9.17) is 10.00 Å². The number of ether oxygens (including phenoxy) is 1. The summed E-state index contributed by atoms with van der Waals surface area (Å²) in [6.07, 6.45) is 0.283. The Morgan fingerprint density at radius 3 is 2.39 bits per heavy atom. The van der Waals surface area contributed by atoms with Crippen molar-refractivity contribution in [1.82, 2.24) is 4.90 Å². The summed E-state index contributed by atoms with van der Waals surface area (Å²) in [5.74, 6) is 0.684. The lowest BCUT2D eigenvalue weighted by Crippen LogP contribution is -2.44. The summed E-state index contributed by atoms with van der Waals surface area (Å²) in [6, 6.07) is 9.45. The smallest absolute Gasteiger partial charge is 0.227 e. The van der Waals surface area contributed by atoms with E-state index in [9.17, 15) is 4.79 Å². The van der Waals surface area contributed by atoms with Crippen molar-refractivity contribution >= 4 is 5.91 Å². The lowest BCUT2D eigenvalue weighted by Gasteiger charge is -2.29. The van der Waals surface area contributed by atoms with Crippen molar-refractivity contribution in [1.29, 1.82) is 5.26 Å². The maximum absolute atomic E-state index is 12.0. The second-order valence-corrected chi connectivity index (χ2v) is 4.65. The number of amides is 1. The number of hydrogen-bond donors (Lipinski definition) is 0. The first-order valence-corrected chi connectivity index (χ1v) is 5.71. The molecule has 0 spiro atoms. The molecule has 0 heterocycles. The van der Waals surface area contributed by atoms with Gasteiger partial charge >= 0.3 is 0 Å². The number of hydrogen-bond acceptors (Lipinski definition) is 3. The average molecular weight is 246 g/mol. The topological polar surface area (TPSA) is 53.3 Å². The van der Waals surface area contributed by atoms with E-state index in [1.165, 1.54) is 4.90 Å². The van der Waals surface area contributed by atoms with Gasteiger partial charge in [0.2, 0.25) is 5.91 Å². The van der Waals surface area contributed by atoms with E-state index in [1.807, 2.05) is 24.3 Å². The first-order chi connectivity index (χ1) is 8.40. The SMILES string of the molecule is COc1ccc(CC(=O)N(C)C(C)(C)C#N)cc1. The number of benzene rings is 1. The van der Waals surface area contributed by atoms with E-state index in [0.29, 0.717) is 0 Å². The van der Waals surface area contributed by atoms with Crippen LogP contribution in [0.5, 0.6) is 5.75 Å². The first-order valence-electron chi connectivity index (χ1n) is 5.71. The van der Waals surface area contributed by atoms with Crippen molar-refractivity contribution in [2.24, 2.45) is 0 Å². The number of carbonyl (C=O) groups is 1. The van der Waals surface area contributed by atoms with Crippen molar-refractivity contribution < 1.29 is 9.53 Å². The van der Waals surface area contributed by atoms with Crippen molar-refractivity contribution in [3.63, 3.8) is 0 Å². The summed E-state index contributed by atoms with van der Waals surface area (Å²) in [7, 11) is 3.25. The van der Waals surface area contributed by atoms with Gasteiger partial charge in [0.05, 0.1) is 19.6 Å². The van der Waals surface area contributed by atoms with Gasteiger partial charge in [0.15, 0.2) is 0 Å². The van der Waals surface area contributed by atoms with Crippen LogP contribution in [-0.4, -0.2) is 30.5 Å². The molecule has 18 heavy (non-hydrogen) atoms. The Bertz CT molecular complexity index is 458. The summed E-state index contributed by atoms with van der Waals surface area (Å²) in [5.41, 5.74) is 0.116. The molecule has 0 aliphatic heterocycles. The highest BCUT2D eigenvalue weighted by Gasteiger charge is 2.26. The molecule has 0 aliphatic rings. The molecular formula is C14H18N2O2. The van der Waals surface area contributed by atoms with E-state index < -0.39 is 5.54 Å². The Balaban J connectivity index is 2.73. The van der Waals surface area contributed by atoms with Gasteiger partial charge in [-0.25, -0.2) is 0 Å². The summed E-state index contributed by atoms with van der Waals surface area (Å²) < 4.78 is 5.05. The Hall–Kier alpha value is -2.02. The fourth-order valence-corrected chi connectivity index (χ4v) is 1.42. The van der Waals surface area contributed by atoms with Crippen LogP contribution in [0.2, 0.25) is 0 Å². The Labute approximate surface area is 108 Å². The molecule has 1 amide bonds. The number of rotatable bonds is 4. The van der Waals surface area contributed by atoms with Crippen LogP contribution in [0.15, 0.2) is 24.3 Å². The molecule has 0 unspecified atom stereocenters. The molecule has 0 fully saturated rings. The number of carbonyl (C=O) groups excluding carboxylic acids is 1. The number of likely N-dealkylation sites (N-methyl/N-ethyl adjacent to an activating group) is 1. The zero-order valence-corrected chi connectivity index (χ0v) is 11.2. The zero-order valence-electron chi connectivity index (χ0n) is 11.2. The fraction of sp³-hybridized carbons (Fsp3) is 0.429. The molecule has 4 heteroatoms. The van der Waals surface area contributed by atoms with Gasteiger partial charge in [0.1, 0.15) is 11.3 Å². The van der Waals surface area contributed by atoms with Gasteiger partial charge in [-0.1, -0.05) is 12.1 Å². The molecule has 0 radical (unpaired) electrons. The number of nitriles is 1. The Kier molecular flexibility index (Phi) is 4.33. The zero-order chi connectivity index (χ0) is 13.8. The van der Waals surface area contributed by atoms with E-state index >= 15 is 0 Å². The van der Waals surface area contributed by atoms with Crippen LogP contribution in [0.3, 0.4) is 0 Å². The van der Waals surface area contributed by atoms with Crippen molar-refractivity contribution in [2.45, 2.75) is 25.8 Å². The Morgan fingerprint density at radius 1 is 1.39 bits per heavy atom. The summed E-state index contributed by atoms with van der Waals surface area (Å²) in [6.45, 7) is 3.44. The minimum atomic E-state index is -0.788. The van der Waals surface area contributed by atoms with Crippen LogP contribution in [0.4, 0.5) is 0 Å². The molecule has 96 valence electrons. The van der Waals surface area contributed by atoms with Crippen LogP contribution < -0.4 is 4.74 Å². The number of methoxy groups -OCH3 is 1. The minimum absolute atomic E-state index is 0.0771. The lowest BCUT2D eigenvalue weighted by atomic mass is 10.0. The molecular weight excluding hydrogens is 228 g/mol. The van der Waals surface area contributed by atoms with Crippen LogP contribution in [-0.2, 0) is 11.2 Å². The van der Waals surface area contributed by atoms with Crippen LogP contribution in [0.25, 0.3) is 0 Å². The third-order valence-corrected chi connectivity index (χ3v) is 3.00. The van der Waals surface area contributed by atoms with E-state index in [0.717, 1.165) is 11.3 Å². The second-order valence-electron chi connectivity index (χ2n) is 4.65. The van der Waals surface area contributed by atoms with Gasteiger partial charge in [0.25, 0.3) is 0 Å². The molecule has 0 atom stereocenters. The van der Waals surface area contributed by atoms with Gasteiger partial charge in [-0.15, -0.1) is 0 Å². The predicted octanol–water partition coefficient (Wildman–Crippen LogP) is 2.00. The molecule has 0 saturated carbocycles. The van der Waals surface area contributed by atoms with Crippen molar-refractivity contribution in [3.8, 4) is 11.8 Å². The van der Waals surface area contributed by atoms with Crippen LogP contribution in [0, 0.1) is 11.3 Å². The summed E-state index contributed by atoms with van der Waals surface area (Å²) in [4.78, 5) is 13.5. The van der Waals surface area contributed by atoms with Crippen molar-refractivity contribution in [2.75, 3.05) is 14.2 Å². The van der Waals surface area contributed by atoms with Gasteiger partial charge in [-0.3, -0.25) is 4.79 Å². The van der Waals surface area contributed by atoms with Crippen LogP contribution >= 0.6 is 0 Å². The first kappa shape index (κ1) is 14.0. The highest BCUT2D eigenvalue weighted by atomic mass is 16.5. The summed E-state index contributed by atoms with van der Waals surface area (Å²) >= 11 is 0. The molecule has 4 nitrogen and oxygen atoms in total. The fourth-order valence-electron chi connectivity index (χ4n) is 1.42. The second kappa shape index (κ2) is 5.54. The molecule has 0 aliphatic carbocycles. The van der Waals surface area contributed by atoms with Gasteiger partial charge < -0.3 is 9.64 Å². The molecule has 1 aromatic rings. The maximum atomic E-state index is 12.0. The van der Waals surface area contributed by atoms with Gasteiger partial charge in [-0.05, 0) is 31.5 Å². The molecule has 0 aromatic heterocycles. The third-order valence-electron chi connectivity index (χ3n) is 3.00. The number of nitrogens with zero attached hydrogens (tertiary/aromatic N) is 2. The highest BCUT2D eigenvalue weighted by molar-refractivity contribution is 5.79. The maximum Gasteiger partial charge on any atom is 0.227 e. The normalized spacial score (nSPS) is 10.6. The quantitative estimate of drug-likeness (QED) is 0.816. The molecule has 1 aromatic carbocycles. The molecule has 0 saturated heterocycles. The Morgan fingerprint density at radius 2 is 1.94 bits per heavy atom. The van der Waals surface area contributed by atoms with Gasteiger partial charge in [-0.2, -0.15) is 5.26 Å². The predicted molar refractivity (Wildman–Crippen MR) is 69.2 cm³/mol. The standard InChI is InChI=1S/C14H18N2O2/c1-14(2,10-15)16(3)13(17)9-11-5-7-12(18-4)8-6-11/h5-8H,9H2,1-4H3. The summed E-state index contributed by atoms with van der Waals surface area (Å²) in [5, 5.41) is 8.99. The monoisotopic (exact) mass is 246 g/mol. The minimum Gasteiger partial charge on any atom is -0.497 e. The van der Waals surface area contributed by atoms with Gasteiger partial charge in [0, 0.05) is 7.05 Å². The molecule has 1 rings (SSSR count). The molecule has 0 N–H and O–H groups in total. The largest absolute Gasteiger partial charge is 0.497 e. The highest BCUT2D eigenvalue weighted by Crippen LogP contribution is 2.15. The average Bonchev–Trinajstić information content (AvgIpc) is 2.38. The van der Waals surface area contributed by atoms with Crippen molar-refractivity contribution in [3.05, 3.63) is 29.8 Å². The third kappa shape index (κ3) is 3.24.